The first kappa shape index (κ1) is 12.4. The van der Waals surface area contributed by atoms with E-state index in [1.165, 1.54) is 0 Å². The Morgan fingerprint density at radius 2 is 2.37 bits per heavy atom. The molecule has 0 aliphatic carbocycles. The molecule has 5 nitrogen and oxygen atoms in total. The van der Waals surface area contributed by atoms with Crippen LogP contribution in [0.15, 0.2) is 24.4 Å². The quantitative estimate of drug-likeness (QED) is 0.818. The average molecular weight is 262 g/mol. The highest BCUT2D eigenvalue weighted by Gasteiger charge is 2.33. The average Bonchev–Trinajstić information content (AvgIpc) is 3.10. The number of carbonyl (C=O) groups excluding carboxylic acids is 1. The van der Waals surface area contributed by atoms with E-state index in [1.807, 2.05) is 23.1 Å². The fourth-order valence-electron chi connectivity index (χ4n) is 2.60. The smallest absolute Gasteiger partial charge is 0.228 e. The fourth-order valence-corrected chi connectivity index (χ4v) is 2.60. The van der Waals surface area contributed by atoms with Gasteiger partial charge in [0.05, 0.1) is 19.1 Å². The monoisotopic (exact) mass is 262 g/mol. The zero-order valence-corrected chi connectivity index (χ0v) is 10.8. The molecule has 1 aromatic rings. The second-order valence-corrected chi connectivity index (χ2v) is 5.04. The van der Waals surface area contributed by atoms with Gasteiger partial charge in [-0.1, -0.05) is 6.07 Å². The summed E-state index contributed by atoms with van der Waals surface area (Å²) in [6.45, 7) is 2.71. The van der Waals surface area contributed by atoms with E-state index in [1.54, 1.807) is 6.20 Å². The molecule has 19 heavy (non-hydrogen) atoms. The van der Waals surface area contributed by atoms with Crippen molar-refractivity contribution in [1.82, 2.24) is 9.88 Å². The van der Waals surface area contributed by atoms with E-state index in [2.05, 4.69) is 4.98 Å². The Balaban J connectivity index is 1.53. The summed E-state index contributed by atoms with van der Waals surface area (Å²) in [7, 11) is 0. The molecule has 2 aliphatic rings. The number of pyridine rings is 1. The molecule has 0 saturated carbocycles. The van der Waals surface area contributed by atoms with E-state index in [-0.39, 0.29) is 17.9 Å². The molecule has 2 unspecified atom stereocenters. The number of ether oxygens (including phenoxy) is 2. The van der Waals surface area contributed by atoms with E-state index in [0.29, 0.717) is 25.6 Å². The van der Waals surface area contributed by atoms with Crippen molar-refractivity contribution in [2.24, 2.45) is 5.92 Å². The highest BCUT2D eigenvalue weighted by atomic mass is 16.5. The van der Waals surface area contributed by atoms with Crippen molar-refractivity contribution < 1.29 is 14.3 Å². The van der Waals surface area contributed by atoms with Gasteiger partial charge < -0.3 is 14.4 Å². The highest BCUT2D eigenvalue weighted by Crippen LogP contribution is 2.21. The molecular weight excluding hydrogens is 244 g/mol. The van der Waals surface area contributed by atoms with E-state index in [0.717, 1.165) is 19.4 Å². The van der Waals surface area contributed by atoms with Gasteiger partial charge >= 0.3 is 0 Å². The Morgan fingerprint density at radius 3 is 3.11 bits per heavy atom. The Kier molecular flexibility index (Phi) is 3.64. The first-order valence-corrected chi connectivity index (χ1v) is 6.77. The van der Waals surface area contributed by atoms with Gasteiger partial charge in [0, 0.05) is 31.8 Å². The van der Waals surface area contributed by atoms with Gasteiger partial charge in [0.1, 0.15) is 6.10 Å². The zero-order valence-electron chi connectivity index (χ0n) is 10.8. The van der Waals surface area contributed by atoms with Gasteiger partial charge in [0.25, 0.3) is 0 Å². The lowest BCUT2D eigenvalue weighted by Gasteiger charge is -2.19. The molecule has 3 heterocycles. The molecule has 2 saturated heterocycles. The van der Waals surface area contributed by atoms with Crippen LogP contribution in [0.4, 0.5) is 0 Å². The largest absolute Gasteiger partial charge is 0.472 e. The number of carbonyl (C=O) groups is 1. The second-order valence-electron chi connectivity index (χ2n) is 5.04. The molecule has 0 aromatic carbocycles. The molecule has 5 heteroatoms. The van der Waals surface area contributed by atoms with Crippen molar-refractivity contribution in [2.45, 2.75) is 18.9 Å². The lowest BCUT2D eigenvalue weighted by Crippen LogP contribution is -2.36. The molecule has 0 bridgehead atoms. The fraction of sp³-hybridized carbons (Fsp3) is 0.571. The molecule has 2 atom stereocenters. The molecular formula is C14H18N2O3. The summed E-state index contributed by atoms with van der Waals surface area (Å²) < 4.78 is 11.1. The van der Waals surface area contributed by atoms with Gasteiger partial charge in [-0.15, -0.1) is 0 Å². The summed E-state index contributed by atoms with van der Waals surface area (Å²) in [6.07, 6.45) is 3.49. The maximum Gasteiger partial charge on any atom is 0.228 e. The third-order valence-electron chi connectivity index (χ3n) is 3.66. The lowest BCUT2D eigenvalue weighted by atomic mass is 10.1. The maximum atomic E-state index is 12.2. The predicted octanol–water partition coefficient (Wildman–Crippen LogP) is 1.10. The third kappa shape index (κ3) is 2.87. The molecule has 1 aromatic heterocycles. The molecule has 2 fully saturated rings. The number of likely N-dealkylation sites (tertiary alicyclic amines) is 1. The van der Waals surface area contributed by atoms with Gasteiger partial charge in [-0.2, -0.15) is 0 Å². The van der Waals surface area contributed by atoms with Crippen LogP contribution in [0.1, 0.15) is 12.8 Å². The van der Waals surface area contributed by atoms with Gasteiger partial charge in [-0.05, 0) is 12.5 Å². The van der Waals surface area contributed by atoms with Crippen LogP contribution in [-0.2, 0) is 9.53 Å². The van der Waals surface area contributed by atoms with Gasteiger partial charge in [0.15, 0.2) is 0 Å². The van der Waals surface area contributed by atoms with Gasteiger partial charge in [0.2, 0.25) is 11.8 Å². The van der Waals surface area contributed by atoms with E-state index in [4.69, 9.17) is 9.47 Å². The molecule has 0 spiro atoms. The third-order valence-corrected chi connectivity index (χ3v) is 3.66. The summed E-state index contributed by atoms with van der Waals surface area (Å²) in [5.41, 5.74) is 0. The van der Waals surface area contributed by atoms with Crippen LogP contribution in [0.2, 0.25) is 0 Å². The van der Waals surface area contributed by atoms with Crippen LogP contribution < -0.4 is 4.74 Å². The van der Waals surface area contributed by atoms with Crippen molar-refractivity contribution in [3.8, 4) is 5.88 Å². The first-order valence-electron chi connectivity index (χ1n) is 6.77. The number of hydrogen-bond acceptors (Lipinski definition) is 4. The molecule has 0 radical (unpaired) electrons. The molecule has 0 N–H and O–H groups in total. The summed E-state index contributed by atoms with van der Waals surface area (Å²) >= 11 is 0. The highest BCUT2D eigenvalue weighted by molar-refractivity contribution is 5.79. The van der Waals surface area contributed by atoms with E-state index >= 15 is 0 Å². The van der Waals surface area contributed by atoms with Crippen LogP contribution in [0.3, 0.4) is 0 Å². The summed E-state index contributed by atoms with van der Waals surface area (Å²) in [5.74, 6) is 0.893. The number of hydrogen-bond donors (Lipinski definition) is 0. The number of amides is 1. The summed E-state index contributed by atoms with van der Waals surface area (Å²) in [5, 5.41) is 0. The topological polar surface area (TPSA) is 51.7 Å². The van der Waals surface area contributed by atoms with E-state index < -0.39 is 0 Å². The SMILES string of the molecule is O=C(C1CCOC1)N1CCC(Oc2ccccn2)C1. The Bertz CT molecular complexity index is 432. The van der Waals surface area contributed by atoms with Crippen molar-refractivity contribution >= 4 is 5.91 Å². The lowest BCUT2D eigenvalue weighted by molar-refractivity contribution is -0.134. The van der Waals surface area contributed by atoms with Crippen LogP contribution in [0.5, 0.6) is 5.88 Å². The van der Waals surface area contributed by atoms with Crippen molar-refractivity contribution in [1.29, 1.82) is 0 Å². The Morgan fingerprint density at radius 1 is 1.42 bits per heavy atom. The second kappa shape index (κ2) is 5.57. The summed E-state index contributed by atoms with van der Waals surface area (Å²) in [4.78, 5) is 18.3. The van der Waals surface area contributed by atoms with Crippen molar-refractivity contribution in [3.05, 3.63) is 24.4 Å². The standard InChI is InChI=1S/C14H18N2O3/c17-14(11-5-8-18-10-11)16-7-4-12(9-16)19-13-3-1-2-6-15-13/h1-3,6,11-12H,4-5,7-10H2. The Labute approximate surface area is 112 Å². The number of rotatable bonds is 3. The molecule has 3 rings (SSSR count). The predicted molar refractivity (Wildman–Crippen MR) is 68.8 cm³/mol. The van der Waals surface area contributed by atoms with E-state index in [9.17, 15) is 4.79 Å². The van der Waals surface area contributed by atoms with Crippen LogP contribution >= 0.6 is 0 Å². The number of aromatic nitrogens is 1. The van der Waals surface area contributed by atoms with Gasteiger partial charge in [-0.25, -0.2) is 4.98 Å². The summed E-state index contributed by atoms with van der Waals surface area (Å²) in [6, 6.07) is 5.60. The van der Waals surface area contributed by atoms with Crippen LogP contribution in [0.25, 0.3) is 0 Å². The van der Waals surface area contributed by atoms with Crippen LogP contribution in [-0.4, -0.2) is 48.2 Å². The minimum atomic E-state index is 0.0496. The zero-order chi connectivity index (χ0) is 13.1. The molecule has 1 amide bonds. The molecule has 102 valence electrons. The minimum Gasteiger partial charge on any atom is -0.472 e. The normalized spacial score (nSPS) is 26.6. The van der Waals surface area contributed by atoms with Crippen LogP contribution in [0, 0.1) is 5.92 Å². The first-order chi connectivity index (χ1) is 9.33. The molecule has 2 aliphatic heterocycles. The Hall–Kier alpha value is -1.62. The number of nitrogens with zero attached hydrogens (tertiary/aromatic N) is 2. The van der Waals surface area contributed by atoms with Crippen molar-refractivity contribution in [2.75, 3.05) is 26.3 Å². The maximum absolute atomic E-state index is 12.2. The minimum absolute atomic E-state index is 0.0496. The van der Waals surface area contributed by atoms with Gasteiger partial charge in [-0.3, -0.25) is 4.79 Å². The van der Waals surface area contributed by atoms with Crippen molar-refractivity contribution in [3.63, 3.8) is 0 Å².